The molecule has 3 aromatic rings. The van der Waals surface area contributed by atoms with Crippen LogP contribution >= 0.6 is 0 Å². The Kier molecular flexibility index (Phi) is 6.23. The summed E-state index contributed by atoms with van der Waals surface area (Å²) in [6.45, 7) is 1.10. The molecular formula is C21H21F2N7O2. The minimum atomic E-state index is -2.68. The molecule has 0 aliphatic carbocycles. The van der Waals surface area contributed by atoms with E-state index in [4.69, 9.17) is 4.74 Å². The van der Waals surface area contributed by atoms with Crippen LogP contribution in [-0.2, 0) is 6.54 Å². The number of nitrogens with one attached hydrogen (secondary N) is 1. The predicted octanol–water partition coefficient (Wildman–Crippen LogP) is 2.54. The smallest absolute Gasteiger partial charge is 0.256 e. The molecule has 0 saturated carbocycles. The summed E-state index contributed by atoms with van der Waals surface area (Å²) < 4.78 is 32.6. The molecule has 1 aliphatic heterocycles. The number of nitriles is 1. The van der Waals surface area contributed by atoms with Gasteiger partial charge in [-0.25, -0.2) is 23.7 Å². The summed E-state index contributed by atoms with van der Waals surface area (Å²) in [6.07, 6.45) is 1.82. The normalized spacial score (nSPS) is 15.1. The van der Waals surface area contributed by atoms with Crippen LogP contribution in [0.25, 0.3) is 11.0 Å². The van der Waals surface area contributed by atoms with Crippen molar-refractivity contribution < 1.29 is 13.5 Å². The fraction of sp³-hybridized carbons (Fsp3) is 0.381. The maximum atomic E-state index is 12.8. The van der Waals surface area contributed by atoms with Gasteiger partial charge in [0.1, 0.15) is 12.2 Å². The Morgan fingerprint density at radius 3 is 2.78 bits per heavy atom. The Morgan fingerprint density at radius 2 is 2.06 bits per heavy atom. The monoisotopic (exact) mass is 441 g/mol. The first-order valence-corrected chi connectivity index (χ1v) is 10.1. The maximum absolute atomic E-state index is 12.8. The summed E-state index contributed by atoms with van der Waals surface area (Å²) in [5, 5.41) is 12.4. The Labute approximate surface area is 182 Å². The molecule has 0 atom stereocenters. The molecule has 4 heterocycles. The minimum Gasteiger partial charge on any atom is -0.487 e. The van der Waals surface area contributed by atoms with Crippen LogP contribution in [0.15, 0.2) is 35.4 Å². The number of rotatable bonds is 6. The molecule has 0 spiro atoms. The van der Waals surface area contributed by atoms with E-state index in [1.165, 1.54) is 24.5 Å². The molecular weight excluding hydrogens is 420 g/mol. The average Bonchev–Trinajstić information content (AvgIpc) is 2.77. The summed E-state index contributed by atoms with van der Waals surface area (Å²) in [5.41, 5.74) is 0.700. The molecule has 4 rings (SSSR count). The van der Waals surface area contributed by atoms with Crippen molar-refractivity contribution in [2.24, 2.45) is 0 Å². The Balaban J connectivity index is 1.57. The number of piperidine rings is 1. The van der Waals surface area contributed by atoms with E-state index >= 15 is 0 Å². The number of anilines is 2. The summed E-state index contributed by atoms with van der Waals surface area (Å²) in [6, 6.07) is 6.35. The first kappa shape index (κ1) is 21.6. The lowest BCUT2D eigenvalue weighted by Crippen LogP contribution is -2.35. The number of fused-ring (bicyclic) bond motifs is 1. The van der Waals surface area contributed by atoms with Gasteiger partial charge in [-0.05, 0) is 26.0 Å². The van der Waals surface area contributed by atoms with E-state index in [-0.39, 0.29) is 23.3 Å². The van der Waals surface area contributed by atoms with Crippen LogP contribution < -0.4 is 15.6 Å². The highest BCUT2D eigenvalue weighted by atomic mass is 19.3. The third-order valence-corrected chi connectivity index (χ3v) is 5.23. The molecule has 1 fully saturated rings. The van der Waals surface area contributed by atoms with Crippen molar-refractivity contribution in [3.8, 4) is 11.8 Å². The highest BCUT2D eigenvalue weighted by Gasteiger charge is 2.20. The quantitative estimate of drug-likeness (QED) is 0.622. The Hall–Kier alpha value is -3.65. The molecule has 0 bridgehead atoms. The third-order valence-electron chi connectivity index (χ3n) is 5.23. The minimum absolute atomic E-state index is 0.00108. The van der Waals surface area contributed by atoms with Gasteiger partial charge in [-0.3, -0.25) is 9.36 Å². The summed E-state index contributed by atoms with van der Waals surface area (Å²) in [4.78, 5) is 26.8. The van der Waals surface area contributed by atoms with E-state index in [0.29, 0.717) is 17.0 Å². The maximum Gasteiger partial charge on any atom is 0.256 e. The number of halogens is 2. The number of nitrogens with zero attached hydrogens (tertiary/aromatic N) is 6. The number of ether oxygens (including phenoxy) is 1. The second kappa shape index (κ2) is 9.23. The lowest BCUT2D eigenvalue weighted by Gasteiger charge is -2.29. The van der Waals surface area contributed by atoms with Gasteiger partial charge >= 0.3 is 0 Å². The molecule has 3 aromatic heterocycles. The molecule has 0 aromatic carbocycles. The van der Waals surface area contributed by atoms with Crippen molar-refractivity contribution in [1.29, 1.82) is 5.26 Å². The average molecular weight is 441 g/mol. The van der Waals surface area contributed by atoms with Gasteiger partial charge in [0.25, 0.3) is 12.0 Å². The zero-order valence-electron chi connectivity index (χ0n) is 17.3. The van der Waals surface area contributed by atoms with Gasteiger partial charge in [0.2, 0.25) is 5.95 Å². The van der Waals surface area contributed by atoms with Gasteiger partial charge in [0.15, 0.2) is 11.4 Å². The number of pyridine rings is 2. The van der Waals surface area contributed by atoms with Crippen LogP contribution in [0, 0.1) is 11.3 Å². The molecule has 1 saturated heterocycles. The van der Waals surface area contributed by atoms with Gasteiger partial charge in [-0.1, -0.05) is 0 Å². The van der Waals surface area contributed by atoms with Crippen LogP contribution in [0.5, 0.6) is 5.75 Å². The van der Waals surface area contributed by atoms with E-state index in [0.717, 1.165) is 30.5 Å². The number of hydrogen-bond donors (Lipinski definition) is 1. The standard InChI is InChI=1S/C21H21F2N7O2/c1-29-6-4-14(5-7-29)32-18-8-13(10-25-16(18)9-24)27-21-26-11-17-15(28-21)2-3-20(31)30(17)12-19(22)23/h2-3,8,10-11,14,19H,4-7,12H2,1H3,(H,26,27,28). The van der Waals surface area contributed by atoms with Crippen LogP contribution in [0.1, 0.15) is 18.5 Å². The van der Waals surface area contributed by atoms with Crippen LogP contribution in [0.2, 0.25) is 0 Å². The highest BCUT2D eigenvalue weighted by Crippen LogP contribution is 2.26. The SMILES string of the molecule is CN1CCC(Oc2cc(Nc3ncc4c(ccc(=O)n4CC(F)F)n3)cnc2C#N)CC1. The zero-order valence-corrected chi connectivity index (χ0v) is 17.3. The van der Waals surface area contributed by atoms with Gasteiger partial charge in [0.05, 0.1) is 35.7 Å². The van der Waals surface area contributed by atoms with Crippen molar-refractivity contribution in [2.75, 3.05) is 25.5 Å². The van der Waals surface area contributed by atoms with Gasteiger partial charge in [-0.15, -0.1) is 0 Å². The first-order valence-electron chi connectivity index (χ1n) is 10.1. The summed E-state index contributed by atoms with van der Waals surface area (Å²) in [5.74, 6) is 0.565. The second-order valence-corrected chi connectivity index (χ2v) is 7.57. The Bertz CT molecular complexity index is 1220. The lowest BCUT2D eigenvalue weighted by atomic mass is 10.1. The number of aromatic nitrogens is 4. The summed E-state index contributed by atoms with van der Waals surface area (Å²) >= 11 is 0. The Morgan fingerprint density at radius 1 is 1.28 bits per heavy atom. The molecule has 32 heavy (non-hydrogen) atoms. The van der Waals surface area contributed by atoms with Crippen LogP contribution in [0.4, 0.5) is 20.4 Å². The largest absolute Gasteiger partial charge is 0.487 e. The topological polar surface area (TPSA) is 109 Å². The molecule has 0 unspecified atom stereocenters. The molecule has 166 valence electrons. The molecule has 11 heteroatoms. The van der Waals surface area contributed by atoms with Gasteiger partial charge in [0, 0.05) is 25.2 Å². The van der Waals surface area contributed by atoms with Crippen molar-refractivity contribution in [3.63, 3.8) is 0 Å². The number of alkyl halides is 2. The van der Waals surface area contributed by atoms with Crippen molar-refractivity contribution in [2.45, 2.75) is 31.9 Å². The van der Waals surface area contributed by atoms with Crippen molar-refractivity contribution in [1.82, 2.24) is 24.4 Å². The van der Waals surface area contributed by atoms with Gasteiger partial charge in [-0.2, -0.15) is 5.26 Å². The number of hydrogen-bond acceptors (Lipinski definition) is 8. The van der Waals surface area contributed by atoms with Gasteiger partial charge < -0.3 is 15.0 Å². The zero-order chi connectivity index (χ0) is 22.7. The fourth-order valence-corrected chi connectivity index (χ4v) is 3.56. The fourth-order valence-electron chi connectivity index (χ4n) is 3.56. The third kappa shape index (κ3) is 4.81. The predicted molar refractivity (Wildman–Crippen MR) is 113 cm³/mol. The molecule has 9 nitrogen and oxygen atoms in total. The molecule has 0 radical (unpaired) electrons. The van der Waals surface area contributed by atoms with Crippen molar-refractivity contribution >= 4 is 22.7 Å². The van der Waals surface area contributed by atoms with E-state index < -0.39 is 18.5 Å². The van der Waals surface area contributed by atoms with E-state index in [1.54, 1.807) is 6.07 Å². The highest BCUT2D eigenvalue weighted by molar-refractivity contribution is 5.75. The van der Waals surface area contributed by atoms with Crippen molar-refractivity contribution in [3.05, 3.63) is 46.6 Å². The molecule has 1 N–H and O–H groups in total. The van der Waals surface area contributed by atoms with E-state index in [2.05, 4.69) is 32.2 Å². The molecule has 0 amide bonds. The van der Waals surface area contributed by atoms with E-state index in [1.807, 2.05) is 6.07 Å². The second-order valence-electron chi connectivity index (χ2n) is 7.57. The summed E-state index contributed by atoms with van der Waals surface area (Å²) in [7, 11) is 2.05. The lowest BCUT2D eigenvalue weighted by molar-refractivity contribution is 0.113. The molecule has 1 aliphatic rings. The van der Waals surface area contributed by atoms with E-state index in [9.17, 15) is 18.8 Å². The van der Waals surface area contributed by atoms with Crippen LogP contribution in [0.3, 0.4) is 0 Å². The first-order chi connectivity index (χ1) is 15.4. The van der Waals surface area contributed by atoms with Crippen LogP contribution in [-0.4, -0.2) is 57.1 Å². The number of likely N-dealkylation sites (tertiary alicyclic amines) is 1.